The molecular formula is C16H22BrClN2O. The summed E-state index contributed by atoms with van der Waals surface area (Å²) in [6.45, 7) is 3.72. The van der Waals surface area contributed by atoms with Gasteiger partial charge in [0.2, 0.25) is 0 Å². The van der Waals surface area contributed by atoms with Crippen molar-refractivity contribution in [3.8, 4) is 0 Å². The fourth-order valence-electron chi connectivity index (χ4n) is 3.72. The summed E-state index contributed by atoms with van der Waals surface area (Å²) in [5.41, 5.74) is 8.11. The molecule has 0 radical (unpaired) electrons. The van der Waals surface area contributed by atoms with Crippen LogP contribution in [0.1, 0.15) is 35.2 Å². The molecule has 5 heteroatoms. The van der Waals surface area contributed by atoms with Crippen LogP contribution in [0.4, 0.5) is 0 Å². The predicted molar refractivity (Wildman–Crippen MR) is 90.8 cm³/mol. The molecule has 3 rings (SSSR count). The van der Waals surface area contributed by atoms with Crippen LogP contribution >= 0.6 is 28.3 Å². The number of aryl methyl sites for hydroxylation is 1. The number of rotatable bonds is 1. The maximum absolute atomic E-state index is 12.7. The molecule has 1 aliphatic carbocycles. The van der Waals surface area contributed by atoms with Crippen molar-refractivity contribution in [1.82, 2.24) is 4.90 Å². The van der Waals surface area contributed by atoms with Crippen LogP contribution in [0.25, 0.3) is 0 Å². The smallest absolute Gasteiger partial charge is 0.253 e. The van der Waals surface area contributed by atoms with E-state index >= 15 is 0 Å². The molecule has 2 aliphatic rings. The van der Waals surface area contributed by atoms with Gasteiger partial charge in [0.25, 0.3) is 5.91 Å². The second-order valence-corrected chi connectivity index (χ2v) is 7.16. The highest BCUT2D eigenvalue weighted by Crippen LogP contribution is 2.36. The van der Waals surface area contributed by atoms with E-state index < -0.39 is 0 Å². The summed E-state index contributed by atoms with van der Waals surface area (Å²) in [5.74, 6) is 1.26. The lowest BCUT2D eigenvalue weighted by Crippen LogP contribution is -2.38. The van der Waals surface area contributed by atoms with Gasteiger partial charge < -0.3 is 10.6 Å². The van der Waals surface area contributed by atoms with Crippen molar-refractivity contribution in [3.05, 3.63) is 33.8 Å². The molecule has 0 spiro atoms. The third kappa shape index (κ3) is 3.43. The average Bonchev–Trinajstić information content (AvgIpc) is 2.82. The van der Waals surface area contributed by atoms with Crippen molar-refractivity contribution >= 4 is 34.2 Å². The van der Waals surface area contributed by atoms with Gasteiger partial charge in [0.05, 0.1) is 0 Å². The Bertz CT molecular complexity index is 517. The van der Waals surface area contributed by atoms with E-state index in [0.717, 1.165) is 35.1 Å². The molecule has 0 aromatic heterocycles. The number of benzene rings is 1. The quantitative estimate of drug-likeness (QED) is 0.820. The van der Waals surface area contributed by atoms with Gasteiger partial charge in [0.15, 0.2) is 0 Å². The van der Waals surface area contributed by atoms with E-state index in [0.29, 0.717) is 11.8 Å². The number of hydrogen-bond acceptors (Lipinski definition) is 2. The Morgan fingerprint density at radius 1 is 1.29 bits per heavy atom. The lowest BCUT2D eigenvalue weighted by Gasteiger charge is -2.29. The van der Waals surface area contributed by atoms with Crippen molar-refractivity contribution in [2.45, 2.75) is 32.2 Å². The Balaban J connectivity index is 0.00000161. The molecule has 21 heavy (non-hydrogen) atoms. The largest absolute Gasteiger partial charge is 0.338 e. The molecule has 116 valence electrons. The maximum Gasteiger partial charge on any atom is 0.253 e. The highest BCUT2D eigenvalue weighted by molar-refractivity contribution is 9.10. The first-order valence-corrected chi connectivity index (χ1v) is 8.16. The van der Waals surface area contributed by atoms with E-state index in [1.54, 1.807) is 0 Å². The van der Waals surface area contributed by atoms with Crippen LogP contribution in [0, 0.1) is 18.8 Å². The zero-order chi connectivity index (χ0) is 14.3. The van der Waals surface area contributed by atoms with Gasteiger partial charge in [-0.2, -0.15) is 0 Å². The number of nitrogens with two attached hydrogens (primary N) is 1. The molecule has 0 bridgehead atoms. The molecule has 1 saturated heterocycles. The minimum atomic E-state index is 0. The first kappa shape index (κ1) is 16.8. The lowest BCUT2D eigenvalue weighted by atomic mass is 9.78. The minimum absolute atomic E-state index is 0. The van der Waals surface area contributed by atoms with E-state index in [1.165, 1.54) is 12.8 Å². The Labute approximate surface area is 140 Å². The molecule has 2 fully saturated rings. The van der Waals surface area contributed by atoms with Crippen LogP contribution in [0.3, 0.4) is 0 Å². The SMILES string of the molecule is Cc1cc(Br)cc(C(=O)N2CC3CCCC(N)C3C2)c1.Cl. The fraction of sp³-hybridized carbons (Fsp3) is 0.562. The molecule has 1 heterocycles. The molecule has 1 aliphatic heterocycles. The van der Waals surface area contributed by atoms with Crippen LogP contribution in [0.5, 0.6) is 0 Å². The van der Waals surface area contributed by atoms with Crippen LogP contribution < -0.4 is 5.73 Å². The van der Waals surface area contributed by atoms with Gasteiger partial charge >= 0.3 is 0 Å². The van der Waals surface area contributed by atoms with E-state index in [2.05, 4.69) is 15.9 Å². The van der Waals surface area contributed by atoms with Crippen molar-refractivity contribution in [1.29, 1.82) is 0 Å². The monoisotopic (exact) mass is 372 g/mol. The van der Waals surface area contributed by atoms with E-state index in [1.807, 2.05) is 30.0 Å². The number of likely N-dealkylation sites (tertiary alicyclic amines) is 1. The summed E-state index contributed by atoms with van der Waals surface area (Å²) in [6, 6.07) is 6.18. The highest BCUT2D eigenvalue weighted by atomic mass is 79.9. The van der Waals surface area contributed by atoms with Crippen molar-refractivity contribution in [3.63, 3.8) is 0 Å². The lowest BCUT2D eigenvalue weighted by molar-refractivity contribution is 0.0783. The van der Waals surface area contributed by atoms with E-state index in [4.69, 9.17) is 5.73 Å². The first-order chi connectivity index (χ1) is 9.54. The second-order valence-electron chi connectivity index (χ2n) is 6.25. The Hall–Kier alpha value is -0.580. The minimum Gasteiger partial charge on any atom is -0.338 e. The summed E-state index contributed by atoms with van der Waals surface area (Å²) >= 11 is 3.47. The summed E-state index contributed by atoms with van der Waals surface area (Å²) in [6.07, 6.45) is 3.54. The molecule has 3 nitrogen and oxygen atoms in total. The second kappa shape index (κ2) is 6.67. The van der Waals surface area contributed by atoms with Crippen molar-refractivity contribution in [2.24, 2.45) is 17.6 Å². The van der Waals surface area contributed by atoms with Gasteiger partial charge in [-0.15, -0.1) is 12.4 Å². The number of nitrogens with zero attached hydrogens (tertiary/aromatic N) is 1. The van der Waals surface area contributed by atoms with Gasteiger partial charge in [-0.25, -0.2) is 0 Å². The topological polar surface area (TPSA) is 46.3 Å². The third-order valence-corrected chi connectivity index (χ3v) is 5.19. The number of carbonyl (C=O) groups is 1. The van der Waals surface area contributed by atoms with Crippen LogP contribution in [0.15, 0.2) is 22.7 Å². The number of amides is 1. The first-order valence-electron chi connectivity index (χ1n) is 7.36. The molecule has 1 aromatic carbocycles. The number of carbonyl (C=O) groups excluding carboxylic acids is 1. The van der Waals surface area contributed by atoms with Gasteiger partial charge in [0, 0.05) is 29.2 Å². The summed E-state index contributed by atoms with van der Waals surface area (Å²) in [5, 5.41) is 0. The normalized spacial score (nSPS) is 28.0. The fourth-order valence-corrected chi connectivity index (χ4v) is 4.33. The third-order valence-electron chi connectivity index (χ3n) is 4.73. The highest BCUT2D eigenvalue weighted by Gasteiger charge is 2.40. The molecule has 1 amide bonds. The Morgan fingerprint density at radius 3 is 2.71 bits per heavy atom. The maximum atomic E-state index is 12.7. The van der Waals surface area contributed by atoms with Gasteiger partial charge in [-0.05, 0) is 55.4 Å². The Morgan fingerprint density at radius 2 is 2.05 bits per heavy atom. The Kier molecular flexibility index (Phi) is 5.33. The zero-order valence-electron chi connectivity index (χ0n) is 12.2. The standard InChI is InChI=1S/C16H21BrN2O.ClH/c1-10-5-12(7-13(17)6-10)16(20)19-8-11-3-2-4-15(18)14(11)9-19;/h5-7,11,14-15H,2-4,8-9,18H2,1H3;1H. The summed E-state index contributed by atoms with van der Waals surface area (Å²) in [4.78, 5) is 14.7. The van der Waals surface area contributed by atoms with Gasteiger partial charge in [-0.3, -0.25) is 4.79 Å². The van der Waals surface area contributed by atoms with Gasteiger partial charge in [-0.1, -0.05) is 22.4 Å². The predicted octanol–water partition coefficient (Wildman–Crippen LogP) is 3.38. The van der Waals surface area contributed by atoms with Crippen LogP contribution in [0.2, 0.25) is 0 Å². The van der Waals surface area contributed by atoms with Crippen LogP contribution in [-0.2, 0) is 0 Å². The van der Waals surface area contributed by atoms with Crippen molar-refractivity contribution in [2.75, 3.05) is 13.1 Å². The molecule has 3 unspecified atom stereocenters. The van der Waals surface area contributed by atoms with Crippen LogP contribution in [-0.4, -0.2) is 29.9 Å². The summed E-state index contributed by atoms with van der Waals surface area (Å²) < 4.78 is 0.967. The number of fused-ring (bicyclic) bond motifs is 1. The molecule has 3 atom stereocenters. The molecular weight excluding hydrogens is 352 g/mol. The number of halogens is 2. The zero-order valence-corrected chi connectivity index (χ0v) is 14.6. The average molecular weight is 374 g/mol. The number of hydrogen-bond donors (Lipinski definition) is 1. The molecule has 2 N–H and O–H groups in total. The van der Waals surface area contributed by atoms with E-state index in [9.17, 15) is 4.79 Å². The van der Waals surface area contributed by atoms with Crippen molar-refractivity contribution < 1.29 is 4.79 Å². The van der Waals surface area contributed by atoms with Gasteiger partial charge in [0.1, 0.15) is 0 Å². The summed E-state index contributed by atoms with van der Waals surface area (Å²) in [7, 11) is 0. The molecule has 1 aromatic rings. The van der Waals surface area contributed by atoms with E-state index in [-0.39, 0.29) is 24.4 Å². The molecule has 1 saturated carbocycles.